The van der Waals surface area contributed by atoms with E-state index in [1.54, 1.807) is 19.1 Å². The van der Waals surface area contributed by atoms with Gasteiger partial charge in [-0.3, -0.25) is 0 Å². The van der Waals surface area contributed by atoms with E-state index in [1.807, 2.05) is 20.8 Å². The third-order valence-electron chi connectivity index (χ3n) is 3.68. The van der Waals surface area contributed by atoms with Gasteiger partial charge in [0.05, 0.1) is 6.61 Å². The summed E-state index contributed by atoms with van der Waals surface area (Å²) in [5, 5.41) is 11.2. The van der Waals surface area contributed by atoms with Crippen molar-refractivity contribution < 1.29 is 18.1 Å². The summed E-state index contributed by atoms with van der Waals surface area (Å²) in [6.45, 7) is 9.25. The van der Waals surface area contributed by atoms with Crippen molar-refractivity contribution in [2.75, 3.05) is 6.61 Å². The number of benzene rings is 1. The normalized spacial score (nSPS) is 12.2. The van der Waals surface area contributed by atoms with Crippen molar-refractivity contribution in [1.82, 2.24) is 8.96 Å². The van der Waals surface area contributed by atoms with Crippen LogP contribution in [0.15, 0.2) is 29.3 Å². The zero-order chi connectivity index (χ0) is 19.0. The molecule has 1 aromatic carbocycles. The molecule has 0 spiro atoms. The Bertz CT molecular complexity index is 910. The van der Waals surface area contributed by atoms with Crippen LogP contribution in [-0.4, -0.2) is 28.9 Å². The predicted molar refractivity (Wildman–Crippen MR) is 92.5 cm³/mol. The molecule has 0 N–H and O–H groups in total. The summed E-state index contributed by atoms with van der Waals surface area (Å²) in [4.78, 5) is 14.1. The maximum Gasteiger partial charge on any atom is 0.358 e. The number of nitrogens with zero attached hydrogens (tertiary/aromatic N) is 3. The number of imidazole rings is 1. The van der Waals surface area contributed by atoms with Crippen LogP contribution < -0.4 is 4.74 Å². The number of hydrogen-bond acceptors (Lipinski definition) is 6. The molecule has 0 saturated carbocycles. The van der Waals surface area contributed by atoms with Crippen LogP contribution in [0.5, 0.6) is 5.75 Å². The molecule has 25 heavy (non-hydrogen) atoms. The van der Waals surface area contributed by atoms with Gasteiger partial charge in [0.15, 0.2) is 4.90 Å². The Morgan fingerprint density at radius 1 is 1.32 bits per heavy atom. The Morgan fingerprint density at radius 3 is 2.48 bits per heavy atom. The average molecular weight is 367 g/mol. The highest BCUT2D eigenvalue weighted by Gasteiger charge is 2.35. The molecule has 0 radical (unpaired) electrons. The number of hydrogen-bond donors (Lipinski definition) is 0. The lowest BCUT2D eigenvalue weighted by Crippen LogP contribution is -2.19. The highest BCUT2D eigenvalue weighted by atomic mass is 32.2. The fourth-order valence-electron chi connectivity index (χ4n) is 2.39. The molecule has 0 saturated heterocycles. The van der Waals surface area contributed by atoms with E-state index in [0.717, 1.165) is 11.8 Å². The first-order valence-electron chi connectivity index (χ1n) is 7.71. The van der Waals surface area contributed by atoms with E-state index < -0.39 is 20.8 Å². The summed E-state index contributed by atoms with van der Waals surface area (Å²) in [7, 11) is -4.25. The minimum Gasteiger partial charge on any atom is -0.492 e. The van der Waals surface area contributed by atoms with Crippen molar-refractivity contribution in [3.05, 3.63) is 45.9 Å². The van der Waals surface area contributed by atoms with Crippen molar-refractivity contribution in [3.8, 4) is 5.75 Å². The summed E-state index contributed by atoms with van der Waals surface area (Å²) >= 11 is 0. The average Bonchev–Trinajstić information content (AvgIpc) is 2.89. The van der Waals surface area contributed by atoms with Gasteiger partial charge >= 0.3 is 15.8 Å². The molecule has 0 aliphatic rings. The molecule has 0 unspecified atom stereocenters. The first-order chi connectivity index (χ1) is 11.5. The van der Waals surface area contributed by atoms with Crippen molar-refractivity contribution in [2.45, 2.75) is 44.9 Å². The van der Waals surface area contributed by atoms with Gasteiger partial charge in [0.2, 0.25) is 5.82 Å². The van der Waals surface area contributed by atoms with Gasteiger partial charge in [-0.15, -0.1) is 0 Å². The second-order valence-corrected chi connectivity index (χ2v) is 8.29. The van der Waals surface area contributed by atoms with Gasteiger partial charge in [0.25, 0.3) is 0 Å². The lowest BCUT2D eigenvalue weighted by molar-refractivity contribution is -0.390. The number of rotatable bonds is 5. The maximum atomic E-state index is 13.2. The molecule has 0 aliphatic carbocycles. The quantitative estimate of drug-likeness (QED) is 0.594. The largest absolute Gasteiger partial charge is 0.492 e. The van der Waals surface area contributed by atoms with E-state index in [0.29, 0.717) is 3.97 Å². The molecule has 2 rings (SSSR count). The SMILES string of the molecule is CCOc1ccc(C(C)(C)C)cc1S(=O)(=O)n1c([N+](=O)[O-])cnc1C. The summed E-state index contributed by atoms with van der Waals surface area (Å²) in [6.07, 6.45) is 0.931. The molecule has 1 heterocycles. The van der Waals surface area contributed by atoms with Crippen molar-refractivity contribution >= 4 is 15.8 Å². The van der Waals surface area contributed by atoms with Gasteiger partial charge in [-0.2, -0.15) is 8.42 Å². The molecule has 0 bridgehead atoms. The number of aromatic nitrogens is 2. The lowest BCUT2D eigenvalue weighted by Gasteiger charge is -2.21. The van der Waals surface area contributed by atoms with Crippen LogP contribution in [-0.2, 0) is 15.4 Å². The minimum atomic E-state index is -4.25. The molecule has 0 fully saturated rings. The third kappa shape index (κ3) is 3.51. The molecule has 1 aromatic heterocycles. The van der Waals surface area contributed by atoms with E-state index >= 15 is 0 Å². The van der Waals surface area contributed by atoms with E-state index in [2.05, 4.69) is 4.98 Å². The van der Waals surface area contributed by atoms with Crippen LogP contribution in [0.2, 0.25) is 0 Å². The Balaban J connectivity index is 2.78. The second kappa shape index (κ2) is 6.47. The van der Waals surface area contributed by atoms with Crippen LogP contribution in [0.3, 0.4) is 0 Å². The summed E-state index contributed by atoms with van der Waals surface area (Å²) < 4.78 is 32.4. The van der Waals surface area contributed by atoms with E-state index in [1.165, 1.54) is 13.0 Å². The van der Waals surface area contributed by atoms with Gasteiger partial charge < -0.3 is 14.9 Å². The smallest absolute Gasteiger partial charge is 0.358 e. The summed E-state index contributed by atoms with van der Waals surface area (Å²) in [5.41, 5.74) is 0.472. The Morgan fingerprint density at radius 2 is 1.96 bits per heavy atom. The van der Waals surface area contributed by atoms with Crippen LogP contribution in [0.1, 0.15) is 39.1 Å². The fraction of sp³-hybridized carbons (Fsp3) is 0.438. The van der Waals surface area contributed by atoms with Crippen LogP contribution >= 0.6 is 0 Å². The molecule has 0 atom stereocenters. The van der Waals surface area contributed by atoms with Crippen molar-refractivity contribution in [1.29, 1.82) is 0 Å². The summed E-state index contributed by atoms with van der Waals surface area (Å²) in [6, 6.07) is 4.87. The number of nitro groups is 1. The third-order valence-corrected chi connectivity index (χ3v) is 5.49. The first kappa shape index (κ1) is 18.9. The molecule has 136 valence electrons. The van der Waals surface area contributed by atoms with Crippen LogP contribution in [0.25, 0.3) is 0 Å². The van der Waals surface area contributed by atoms with Gasteiger partial charge in [-0.1, -0.05) is 30.8 Å². The number of aryl methyl sites for hydroxylation is 1. The highest BCUT2D eigenvalue weighted by Crippen LogP contribution is 2.34. The zero-order valence-electron chi connectivity index (χ0n) is 14.8. The van der Waals surface area contributed by atoms with Gasteiger partial charge in [0, 0.05) is 6.92 Å². The molecular weight excluding hydrogens is 346 g/mol. The predicted octanol–water partition coefficient (Wildman–Crippen LogP) is 3.03. The van der Waals surface area contributed by atoms with Crippen molar-refractivity contribution in [3.63, 3.8) is 0 Å². The van der Waals surface area contributed by atoms with Crippen LogP contribution in [0.4, 0.5) is 5.82 Å². The Kier molecular flexibility index (Phi) is 4.90. The van der Waals surface area contributed by atoms with Gasteiger partial charge in [0.1, 0.15) is 11.9 Å². The molecule has 9 heteroatoms. The van der Waals surface area contributed by atoms with E-state index in [-0.39, 0.29) is 28.5 Å². The van der Waals surface area contributed by atoms with Crippen molar-refractivity contribution in [2.24, 2.45) is 0 Å². The van der Waals surface area contributed by atoms with E-state index in [9.17, 15) is 18.5 Å². The monoisotopic (exact) mass is 367 g/mol. The minimum absolute atomic E-state index is 0.00955. The Hall–Kier alpha value is -2.42. The zero-order valence-corrected chi connectivity index (χ0v) is 15.6. The van der Waals surface area contributed by atoms with Gasteiger partial charge in [-0.25, -0.2) is 4.98 Å². The standard InChI is InChI=1S/C16H21N3O5S/c1-6-24-13-8-7-12(16(3,4)5)9-14(13)25(22,23)18-11(2)17-10-15(18)19(20)21/h7-10H,6H2,1-5H3. The molecule has 0 aliphatic heterocycles. The van der Waals surface area contributed by atoms with Gasteiger partial charge in [-0.05, 0) is 35.0 Å². The molecule has 8 nitrogen and oxygen atoms in total. The first-order valence-corrected chi connectivity index (χ1v) is 9.15. The Labute approximate surface area is 146 Å². The lowest BCUT2D eigenvalue weighted by atomic mass is 9.87. The number of ether oxygens (including phenoxy) is 1. The topological polar surface area (TPSA) is 104 Å². The summed E-state index contributed by atoms with van der Waals surface area (Å²) in [5.74, 6) is -0.450. The fourth-order valence-corrected chi connectivity index (χ4v) is 4.00. The molecular formula is C16H21N3O5S. The van der Waals surface area contributed by atoms with E-state index in [4.69, 9.17) is 4.74 Å². The molecule has 0 amide bonds. The highest BCUT2D eigenvalue weighted by molar-refractivity contribution is 7.90. The maximum absolute atomic E-state index is 13.2. The van der Waals surface area contributed by atoms with Crippen LogP contribution in [0, 0.1) is 17.0 Å². The second-order valence-electron chi connectivity index (χ2n) is 6.53. The molecule has 2 aromatic rings.